The van der Waals surface area contributed by atoms with Crippen molar-refractivity contribution in [3.63, 3.8) is 0 Å². The molecule has 0 atom stereocenters. The standard InChI is InChI=1S/C22H21FN4O/c1-3-28-13-18-21(16-6-4-14(2)5-7-16)22-25-20(24)12-19(27(22)26-18)15-8-10-17(23)11-9-15/h4-12H,3,13H2,1-2H3,(H2,24,25). The van der Waals surface area contributed by atoms with E-state index in [-0.39, 0.29) is 5.82 Å². The molecule has 0 radical (unpaired) electrons. The molecule has 6 heteroatoms. The number of fused-ring (bicyclic) bond motifs is 1. The van der Waals surface area contributed by atoms with Crippen molar-refractivity contribution in [1.82, 2.24) is 14.6 Å². The Morgan fingerprint density at radius 3 is 2.39 bits per heavy atom. The van der Waals surface area contributed by atoms with Gasteiger partial charge in [-0.15, -0.1) is 0 Å². The van der Waals surface area contributed by atoms with Crippen molar-refractivity contribution in [3.05, 3.63) is 71.7 Å². The summed E-state index contributed by atoms with van der Waals surface area (Å²) in [4.78, 5) is 4.56. The van der Waals surface area contributed by atoms with Crippen LogP contribution in [0.4, 0.5) is 10.2 Å². The molecule has 142 valence electrons. The van der Waals surface area contributed by atoms with Crippen molar-refractivity contribution in [3.8, 4) is 22.4 Å². The number of rotatable bonds is 5. The van der Waals surface area contributed by atoms with Crippen LogP contribution in [0.1, 0.15) is 18.2 Å². The molecule has 0 aliphatic rings. The van der Waals surface area contributed by atoms with E-state index in [0.717, 1.165) is 28.1 Å². The fourth-order valence-corrected chi connectivity index (χ4v) is 3.22. The van der Waals surface area contributed by atoms with Crippen molar-refractivity contribution >= 4 is 11.5 Å². The number of nitrogen functional groups attached to an aromatic ring is 1. The number of hydrogen-bond acceptors (Lipinski definition) is 4. The number of nitrogens with two attached hydrogens (primary N) is 1. The Bertz CT molecular complexity index is 1120. The second kappa shape index (κ2) is 7.40. The van der Waals surface area contributed by atoms with Gasteiger partial charge in [-0.25, -0.2) is 13.9 Å². The molecular weight excluding hydrogens is 355 g/mol. The summed E-state index contributed by atoms with van der Waals surface area (Å²) in [5.74, 6) is 0.0860. The van der Waals surface area contributed by atoms with Gasteiger partial charge < -0.3 is 10.5 Å². The lowest BCUT2D eigenvalue weighted by Crippen LogP contribution is -2.01. The maximum Gasteiger partial charge on any atom is 0.166 e. The molecule has 5 nitrogen and oxygen atoms in total. The number of hydrogen-bond donors (Lipinski definition) is 1. The zero-order valence-corrected chi connectivity index (χ0v) is 15.8. The third kappa shape index (κ3) is 3.34. The molecule has 0 unspecified atom stereocenters. The summed E-state index contributed by atoms with van der Waals surface area (Å²) in [6.07, 6.45) is 0. The molecule has 2 N–H and O–H groups in total. The molecule has 2 aromatic carbocycles. The average molecular weight is 376 g/mol. The highest BCUT2D eigenvalue weighted by molar-refractivity contribution is 5.83. The molecule has 0 fully saturated rings. The van der Waals surface area contributed by atoms with Crippen LogP contribution in [0.5, 0.6) is 0 Å². The lowest BCUT2D eigenvalue weighted by Gasteiger charge is -2.07. The zero-order chi connectivity index (χ0) is 19.7. The maximum atomic E-state index is 13.4. The highest BCUT2D eigenvalue weighted by atomic mass is 19.1. The second-order valence-corrected chi connectivity index (χ2v) is 6.63. The normalized spacial score (nSPS) is 11.2. The summed E-state index contributed by atoms with van der Waals surface area (Å²) in [5.41, 5.74) is 12.2. The van der Waals surface area contributed by atoms with Crippen molar-refractivity contribution in [1.29, 1.82) is 0 Å². The van der Waals surface area contributed by atoms with Gasteiger partial charge in [-0.1, -0.05) is 29.8 Å². The van der Waals surface area contributed by atoms with Gasteiger partial charge in [0.25, 0.3) is 0 Å². The predicted molar refractivity (Wildman–Crippen MR) is 108 cm³/mol. The third-order valence-corrected chi connectivity index (χ3v) is 4.60. The summed E-state index contributed by atoms with van der Waals surface area (Å²) in [6, 6.07) is 16.2. The van der Waals surface area contributed by atoms with Gasteiger partial charge in [0, 0.05) is 18.2 Å². The molecule has 0 aliphatic heterocycles. The van der Waals surface area contributed by atoms with Crippen LogP contribution >= 0.6 is 0 Å². The van der Waals surface area contributed by atoms with Crippen LogP contribution in [-0.4, -0.2) is 21.2 Å². The van der Waals surface area contributed by atoms with E-state index in [1.165, 1.54) is 17.7 Å². The van der Waals surface area contributed by atoms with E-state index in [1.54, 1.807) is 22.7 Å². The molecule has 2 heterocycles. The quantitative estimate of drug-likeness (QED) is 0.551. The van der Waals surface area contributed by atoms with E-state index in [0.29, 0.717) is 24.7 Å². The van der Waals surface area contributed by atoms with E-state index in [1.807, 2.05) is 26.0 Å². The minimum Gasteiger partial charge on any atom is -0.384 e. The van der Waals surface area contributed by atoms with Crippen molar-refractivity contribution in [2.24, 2.45) is 0 Å². The Hall–Kier alpha value is -3.25. The predicted octanol–water partition coefficient (Wildman–Crippen LogP) is 4.63. The number of benzene rings is 2. The fraction of sp³-hybridized carbons (Fsp3) is 0.182. The van der Waals surface area contributed by atoms with Crippen molar-refractivity contribution < 1.29 is 9.13 Å². The lowest BCUT2D eigenvalue weighted by atomic mass is 10.0. The molecule has 4 rings (SSSR count). The van der Waals surface area contributed by atoms with Crippen LogP contribution in [-0.2, 0) is 11.3 Å². The van der Waals surface area contributed by atoms with Gasteiger partial charge in [0.15, 0.2) is 5.65 Å². The summed E-state index contributed by atoms with van der Waals surface area (Å²) >= 11 is 0. The van der Waals surface area contributed by atoms with E-state index < -0.39 is 0 Å². The fourth-order valence-electron chi connectivity index (χ4n) is 3.22. The van der Waals surface area contributed by atoms with Crippen molar-refractivity contribution in [2.75, 3.05) is 12.3 Å². The number of halogens is 1. The first-order valence-corrected chi connectivity index (χ1v) is 9.15. The highest BCUT2D eigenvalue weighted by Crippen LogP contribution is 2.32. The van der Waals surface area contributed by atoms with Gasteiger partial charge in [0.2, 0.25) is 0 Å². The van der Waals surface area contributed by atoms with Gasteiger partial charge in [-0.2, -0.15) is 5.10 Å². The van der Waals surface area contributed by atoms with Crippen molar-refractivity contribution in [2.45, 2.75) is 20.5 Å². The Balaban J connectivity index is 1.98. The molecule has 0 amide bonds. The number of aromatic nitrogens is 3. The number of aryl methyl sites for hydroxylation is 1. The van der Waals surface area contributed by atoms with E-state index in [4.69, 9.17) is 15.6 Å². The highest BCUT2D eigenvalue weighted by Gasteiger charge is 2.19. The van der Waals surface area contributed by atoms with Gasteiger partial charge in [0.1, 0.15) is 11.6 Å². The summed E-state index contributed by atoms with van der Waals surface area (Å²) in [5, 5.41) is 4.77. The Morgan fingerprint density at radius 1 is 1.04 bits per heavy atom. The minimum absolute atomic E-state index is 0.292. The van der Waals surface area contributed by atoms with E-state index in [9.17, 15) is 4.39 Å². The first-order chi connectivity index (χ1) is 13.6. The van der Waals surface area contributed by atoms with Gasteiger partial charge in [-0.3, -0.25) is 0 Å². The molecule has 2 aromatic heterocycles. The van der Waals surface area contributed by atoms with Crippen LogP contribution in [0.25, 0.3) is 28.0 Å². The molecule has 0 bridgehead atoms. The van der Waals surface area contributed by atoms with E-state index >= 15 is 0 Å². The van der Waals surface area contributed by atoms with E-state index in [2.05, 4.69) is 17.1 Å². The average Bonchev–Trinajstić information content (AvgIpc) is 3.05. The number of ether oxygens (including phenoxy) is 1. The summed E-state index contributed by atoms with van der Waals surface area (Å²) in [7, 11) is 0. The first kappa shape index (κ1) is 18.1. The Kier molecular flexibility index (Phi) is 4.79. The largest absolute Gasteiger partial charge is 0.384 e. The van der Waals surface area contributed by atoms with Gasteiger partial charge >= 0.3 is 0 Å². The van der Waals surface area contributed by atoms with Crippen LogP contribution in [0.3, 0.4) is 0 Å². The molecule has 28 heavy (non-hydrogen) atoms. The second-order valence-electron chi connectivity index (χ2n) is 6.63. The Morgan fingerprint density at radius 2 is 1.71 bits per heavy atom. The van der Waals surface area contributed by atoms with Gasteiger partial charge in [0.05, 0.1) is 23.6 Å². The third-order valence-electron chi connectivity index (χ3n) is 4.60. The smallest absolute Gasteiger partial charge is 0.166 e. The van der Waals surface area contributed by atoms with Crippen LogP contribution < -0.4 is 5.73 Å². The maximum absolute atomic E-state index is 13.4. The van der Waals surface area contributed by atoms with Gasteiger partial charge in [-0.05, 0) is 43.7 Å². The SMILES string of the molecule is CCOCc1nn2c(-c3ccc(F)cc3)cc(N)nc2c1-c1ccc(C)cc1. The molecule has 0 saturated heterocycles. The number of nitrogens with zero attached hydrogens (tertiary/aromatic N) is 3. The van der Waals surface area contributed by atoms with Crippen LogP contribution in [0.15, 0.2) is 54.6 Å². The molecule has 0 aliphatic carbocycles. The monoisotopic (exact) mass is 376 g/mol. The van der Waals surface area contributed by atoms with Crippen LogP contribution in [0, 0.1) is 12.7 Å². The summed E-state index contributed by atoms with van der Waals surface area (Å²) < 4.78 is 20.8. The van der Waals surface area contributed by atoms with Crippen LogP contribution in [0.2, 0.25) is 0 Å². The molecule has 4 aromatic rings. The Labute approximate surface area is 162 Å². The molecule has 0 saturated carbocycles. The topological polar surface area (TPSA) is 65.4 Å². The molecule has 0 spiro atoms. The molecular formula is C22H21FN4O. The lowest BCUT2D eigenvalue weighted by molar-refractivity contribution is 0.131. The minimum atomic E-state index is -0.292. The number of anilines is 1. The first-order valence-electron chi connectivity index (χ1n) is 9.15. The zero-order valence-electron chi connectivity index (χ0n) is 15.8. The summed E-state index contributed by atoms with van der Waals surface area (Å²) in [6.45, 7) is 4.94.